The highest BCUT2D eigenvalue weighted by Crippen LogP contribution is 2.21. The third-order valence-corrected chi connectivity index (χ3v) is 7.42. The van der Waals surface area contributed by atoms with Crippen molar-refractivity contribution in [3.63, 3.8) is 0 Å². The molecular formula is C22H30N2O6S. The van der Waals surface area contributed by atoms with Crippen LogP contribution in [0.3, 0.4) is 0 Å². The van der Waals surface area contributed by atoms with Crippen molar-refractivity contribution >= 4 is 21.9 Å². The van der Waals surface area contributed by atoms with Crippen molar-refractivity contribution in [2.75, 3.05) is 39.5 Å². The number of carbonyl (C=O) groups excluding carboxylic acids is 2. The van der Waals surface area contributed by atoms with E-state index in [0.717, 1.165) is 19.3 Å². The number of rotatable bonds is 8. The average Bonchev–Trinajstić information content (AvgIpc) is 2.79. The van der Waals surface area contributed by atoms with E-state index in [2.05, 4.69) is 11.4 Å². The molecule has 3 rings (SSSR count). The van der Waals surface area contributed by atoms with Crippen molar-refractivity contribution in [2.45, 2.75) is 43.9 Å². The number of esters is 1. The molecule has 1 aliphatic carbocycles. The third kappa shape index (κ3) is 6.38. The second-order valence-electron chi connectivity index (χ2n) is 7.78. The Kier molecular flexibility index (Phi) is 8.22. The fourth-order valence-corrected chi connectivity index (χ4v) is 5.11. The molecule has 9 heteroatoms. The summed E-state index contributed by atoms with van der Waals surface area (Å²) in [6.07, 6.45) is 7.63. The van der Waals surface area contributed by atoms with Crippen LogP contribution in [0.1, 0.15) is 48.0 Å². The first kappa shape index (κ1) is 23.4. The number of nitrogens with one attached hydrogen (secondary N) is 1. The van der Waals surface area contributed by atoms with E-state index in [9.17, 15) is 18.0 Å². The zero-order valence-electron chi connectivity index (χ0n) is 17.9. The van der Waals surface area contributed by atoms with E-state index in [0.29, 0.717) is 25.3 Å². The zero-order chi connectivity index (χ0) is 22.3. The van der Waals surface area contributed by atoms with Gasteiger partial charge in [-0.1, -0.05) is 17.7 Å². The van der Waals surface area contributed by atoms with Gasteiger partial charge in [0.25, 0.3) is 5.91 Å². The summed E-state index contributed by atoms with van der Waals surface area (Å²) < 4.78 is 37.4. The molecule has 1 aromatic carbocycles. The Hall–Kier alpha value is -2.23. The first-order valence-electron chi connectivity index (χ1n) is 10.7. The Morgan fingerprint density at radius 2 is 1.97 bits per heavy atom. The summed E-state index contributed by atoms with van der Waals surface area (Å²) in [6, 6.07) is 4.36. The van der Waals surface area contributed by atoms with Crippen molar-refractivity contribution in [3.8, 4) is 0 Å². The monoisotopic (exact) mass is 450 g/mol. The summed E-state index contributed by atoms with van der Waals surface area (Å²) in [5, 5.41) is 2.76. The lowest BCUT2D eigenvalue weighted by Crippen LogP contribution is -2.40. The SMILES string of the molecule is Cc1ccc(S(=O)(=O)N2CCOCC2)cc1C(=O)OCC(=O)NCCC1=CCCCC1. The Bertz CT molecular complexity index is 935. The van der Waals surface area contributed by atoms with Crippen LogP contribution in [0.15, 0.2) is 34.7 Å². The van der Waals surface area contributed by atoms with Gasteiger partial charge in [0, 0.05) is 19.6 Å². The summed E-state index contributed by atoms with van der Waals surface area (Å²) in [5.74, 6) is -1.10. The molecule has 0 unspecified atom stereocenters. The molecule has 1 saturated heterocycles. The normalized spacial score (nSPS) is 17.6. The fourth-order valence-electron chi connectivity index (χ4n) is 3.67. The standard InChI is InChI=1S/C22H30N2O6S/c1-17-7-8-19(31(27,28)24-11-13-29-14-12-24)15-20(17)22(26)30-16-21(25)23-10-9-18-5-3-2-4-6-18/h5,7-8,15H,2-4,6,9-14,16H2,1H3,(H,23,25). The molecule has 0 saturated carbocycles. The second kappa shape index (κ2) is 10.9. The van der Waals surface area contributed by atoms with Crippen LogP contribution in [0, 0.1) is 6.92 Å². The van der Waals surface area contributed by atoms with E-state index in [1.54, 1.807) is 13.0 Å². The van der Waals surface area contributed by atoms with E-state index in [1.165, 1.54) is 34.9 Å². The minimum atomic E-state index is -3.73. The number of ether oxygens (including phenoxy) is 2. The maximum absolute atomic E-state index is 12.8. The molecule has 1 aliphatic heterocycles. The number of benzene rings is 1. The molecule has 0 spiro atoms. The number of nitrogens with zero attached hydrogens (tertiary/aromatic N) is 1. The minimum absolute atomic E-state index is 0.0251. The smallest absolute Gasteiger partial charge is 0.338 e. The topological polar surface area (TPSA) is 102 Å². The van der Waals surface area contributed by atoms with Crippen molar-refractivity contribution < 1.29 is 27.5 Å². The molecule has 1 fully saturated rings. The number of hydrogen-bond donors (Lipinski definition) is 1. The Balaban J connectivity index is 1.55. The Morgan fingerprint density at radius 3 is 2.68 bits per heavy atom. The molecule has 1 amide bonds. The molecule has 0 bridgehead atoms. The quantitative estimate of drug-likeness (QED) is 0.481. The molecule has 0 radical (unpaired) electrons. The fraction of sp³-hybridized carbons (Fsp3) is 0.545. The van der Waals surface area contributed by atoms with Gasteiger partial charge in [-0.15, -0.1) is 0 Å². The van der Waals surface area contributed by atoms with Crippen LogP contribution in [0.2, 0.25) is 0 Å². The van der Waals surface area contributed by atoms with Gasteiger partial charge in [0.15, 0.2) is 6.61 Å². The van der Waals surface area contributed by atoms with Crippen LogP contribution in [-0.4, -0.2) is 64.1 Å². The molecule has 1 aromatic rings. The molecule has 0 aromatic heterocycles. The van der Waals surface area contributed by atoms with Crippen LogP contribution in [0.25, 0.3) is 0 Å². The summed E-state index contributed by atoms with van der Waals surface area (Å²) in [4.78, 5) is 24.5. The third-order valence-electron chi connectivity index (χ3n) is 5.52. The molecule has 0 atom stereocenters. The number of carbonyl (C=O) groups is 2. The van der Waals surface area contributed by atoms with Crippen LogP contribution in [0.5, 0.6) is 0 Å². The van der Waals surface area contributed by atoms with Crippen molar-refractivity contribution in [3.05, 3.63) is 41.0 Å². The highest BCUT2D eigenvalue weighted by atomic mass is 32.2. The van der Waals surface area contributed by atoms with E-state index in [4.69, 9.17) is 9.47 Å². The lowest BCUT2D eigenvalue weighted by molar-refractivity contribution is -0.124. The van der Waals surface area contributed by atoms with E-state index >= 15 is 0 Å². The largest absolute Gasteiger partial charge is 0.452 e. The van der Waals surface area contributed by atoms with Gasteiger partial charge < -0.3 is 14.8 Å². The number of aryl methyl sites for hydroxylation is 1. The van der Waals surface area contributed by atoms with E-state index < -0.39 is 22.6 Å². The van der Waals surface area contributed by atoms with Crippen LogP contribution in [0.4, 0.5) is 0 Å². The minimum Gasteiger partial charge on any atom is -0.452 e. The maximum Gasteiger partial charge on any atom is 0.338 e. The lowest BCUT2D eigenvalue weighted by atomic mass is 9.97. The summed E-state index contributed by atoms with van der Waals surface area (Å²) in [6.45, 7) is 3.02. The number of morpholine rings is 1. The molecule has 1 N–H and O–H groups in total. The van der Waals surface area contributed by atoms with Gasteiger partial charge in [0.05, 0.1) is 23.7 Å². The Labute approximate surface area is 183 Å². The molecule has 8 nitrogen and oxygen atoms in total. The van der Waals surface area contributed by atoms with Crippen LogP contribution < -0.4 is 5.32 Å². The number of hydrogen-bond acceptors (Lipinski definition) is 6. The maximum atomic E-state index is 12.8. The van der Waals surface area contributed by atoms with Crippen molar-refractivity contribution in [2.24, 2.45) is 0 Å². The molecular weight excluding hydrogens is 420 g/mol. The molecule has 170 valence electrons. The van der Waals surface area contributed by atoms with Gasteiger partial charge in [-0.2, -0.15) is 4.31 Å². The summed E-state index contributed by atoms with van der Waals surface area (Å²) in [7, 11) is -3.73. The van der Waals surface area contributed by atoms with Crippen molar-refractivity contribution in [1.82, 2.24) is 9.62 Å². The lowest BCUT2D eigenvalue weighted by Gasteiger charge is -2.26. The first-order valence-corrected chi connectivity index (χ1v) is 12.1. The van der Waals surface area contributed by atoms with Gasteiger partial charge in [-0.05, 0) is 56.7 Å². The molecule has 1 heterocycles. The first-order chi connectivity index (χ1) is 14.9. The predicted molar refractivity (Wildman–Crippen MR) is 115 cm³/mol. The number of allylic oxidation sites excluding steroid dienone is 1. The van der Waals surface area contributed by atoms with Gasteiger partial charge in [-0.25, -0.2) is 13.2 Å². The Morgan fingerprint density at radius 1 is 1.19 bits per heavy atom. The van der Waals surface area contributed by atoms with Gasteiger partial charge in [0.1, 0.15) is 0 Å². The predicted octanol–water partition coefficient (Wildman–Crippen LogP) is 2.18. The number of sulfonamides is 1. The van der Waals surface area contributed by atoms with Gasteiger partial charge in [-0.3, -0.25) is 4.79 Å². The van der Waals surface area contributed by atoms with Crippen molar-refractivity contribution in [1.29, 1.82) is 0 Å². The molecule has 31 heavy (non-hydrogen) atoms. The van der Waals surface area contributed by atoms with Gasteiger partial charge >= 0.3 is 5.97 Å². The zero-order valence-corrected chi connectivity index (χ0v) is 18.7. The number of amides is 1. The molecule has 2 aliphatic rings. The second-order valence-corrected chi connectivity index (χ2v) is 9.72. The van der Waals surface area contributed by atoms with Gasteiger partial charge in [0.2, 0.25) is 10.0 Å². The summed E-state index contributed by atoms with van der Waals surface area (Å²) >= 11 is 0. The van der Waals surface area contributed by atoms with E-state index in [1.807, 2.05) is 0 Å². The van der Waals surface area contributed by atoms with E-state index in [-0.39, 0.29) is 29.5 Å². The average molecular weight is 451 g/mol. The summed E-state index contributed by atoms with van der Waals surface area (Å²) in [5.41, 5.74) is 2.07. The highest BCUT2D eigenvalue weighted by Gasteiger charge is 2.27. The van der Waals surface area contributed by atoms with Crippen LogP contribution in [-0.2, 0) is 24.3 Å². The van der Waals surface area contributed by atoms with Crippen LogP contribution >= 0.6 is 0 Å². The highest BCUT2D eigenvalue weighted by molar-refractivity contribution is 7.89.